The van der Waals surface area contributed by atoms with Crippen LogP contribution in [-0.4, -0.2) is 35.1 Å². The van der Waals surface area contributed by atoms with Crippen LogP contribution in [-0.2, 0) is 11.3 Å². The summed E-state index contributed by atoms with van der Waals surface area (Å²) in [5.41, 5.74) is 1.31. The van der Waals surface area contributed by atoms with Gasteiger partial charge in [-0.1, -0.05) is 30.3 Å². The zero-order chi connectivity index (χ0) is 17.7. The highest BCUT2D eigenvalue weighted by molar-refractivity contribution is 5.91. The number of rotatable bonds is 9. The first-order valence-electron chi connectivity index (χ1n) is 8.24. The van der Waals surface area contributed by atoms with Crippen LogP contribution < -0.4 is 10.6 Å². The molecule has 2 amide bonds. The Balaban J connectivity index is 1.46. The number of unbranched alkanes of at least 4 members (excludes halogenated alkanes) is 2. The van der Waals surface area contributed by atoms with Gasteiger partial charge < -0.3 is 15.4 Å². The van der Waals surface area contributed by atoms with Crippen LogP contribution in [0.1, 0.15) is 35.3 Å². The van der Waals surface area contributed by atoms with E-state index in [-0.39, 0.29) is 12.5 Å². The number of carbonyl (C=O) groups is 2. The lowest BCUT2D eigenvalue weighted by atomic mass is 10.2. The Morgan fingerprint density at radius 1 is 0.960 bits per heavy atom. The zero-order valence-corrected chi connectivity index (χ0v) is 14.0. The summed E-state index contributed by atoms with van der Waals surface area (Å²) in [4.78, 5) is 30.9. The first-order chi connectivity index (χ1) is 12.3. The number of ether oxygens (including phenoxy) is 1. The second kappa shape index (κ2) is 10.7. The number of carbonyl (C=O) groups excluding carboxylic acids is 2. The van der Waals surface area contributed by atoms with Crippen LogP contribution in [0.3, 0.4) is 0 Å². The molecule has 2 rings (SSSR count). The van der Waals surface area contributed by atoms with Crippen molar-refractivity contribution in [3.63, 3.8) is 0 Å². The van der Waals surface area contributed by atoms with Gasteiger partial charge in [0.1, 0.15) is 18.6 Å². The minimum atomic E-state index is -0.416. The molecule has 132 valence electrons. The van der Waals surface area contributed by atoms with Gasteiger partial charge >= 0.3 is 6.09 Å². The predicted molar refractivity (Wildman–Crippen MR) is 92.8 cm³/mol. The van der Waals surface area contributed by atoms with E-state index in [2.05, 4.69) is 20.6 Å². The second-order valence-corrected chi connectivity index (χ2v) is 5.40. The smallest absolute Gasteiger partial charge is 0.407 e. The van der Waals surface area contributed by atoms with Crippen LogP contribution >= 0.6 is 0 Å². The van der Waals surface area contributed by atoms with E-state index in [1.807, 2.05) is 30.3 Å². The van der Waals surface area contributed by atoms with E-state index in [9.17, 15) is 9.59 Å². The van der Waals surface area contributed by atoms with Crippen molar-refractivity contribution in [3.8, 4) is 0 Å². The highest BCUT2D eigenvalue weighted by atomic mass is 16.5. The molecule has 0 saturated heterocycles. The Kier molecular flexibility index (Phi) is 7.90. The zero-order valence-electron chi connectivity index (χ0n) is 14.0. The minimum Gasteiger partial charge on any atom is -0.445 e. The van der Waals surface area contributed by atoms with Crippen molar-refractivity contribution in [2.24, 2.45) is 0 Å². The van der Waals surface area contributed by atoms with E-state index < -0.39 is 6.09 Å². The highest BCUT2D eigenvalue weighted by Gasteiger charge is 2.05. The third kappa shape index (κ3) is 7.43. The van der Waals surface area contributed by atoms with Crippen molar-refractivity contribution in [3.05, 3.63) is 60.2 Å². The van der Waals surface area contributed by atoms with Crippen LogP contribution in [0.25, 0.3) is 0 Å². The molecule has 2 N–H and O–H groups in total. The maximum absolute atomic E-state index is 11.7. The van der Waals surface area contributed by atoms with E-state index in [4.69, 9.17) is 4.74 Å². The van der Waals surface area contributed by atoms with Crippen LogP contribution in [0.15, 0.2) is 48.9 Å². The first-order valence-corrected chi connectivity index (χ1v) is 8.24. The summed E-state index contributed by atoms with van der Waals surface area (Å²) in [7, 11) is 0. The van der Waals surface area contributed by atoms with Gasteiger partial charge in [-0.2, -0.15) is 0 Å². The number of aromatic nitrogens is 2. The van der Waals surface area contributed by atoms with Crippen molar-refractivity contribution < 1.29 is 14.3 Å². The molecule has 25 heavy (non-hydrogen) atoms. The Morgan fingerprint density at radius 2 is 1.72 bits per heavy atom. The first kappa shape index (κ1) is 18.4. The average molecular weight is 342 g/mol. The van der Waals surface area contributed by atoms with E-state index in [1.165, 1.54) is 12.5 Å². The summed E-state index contributed by atoms with van der Waals surface area (Å²) in [5, 5.41) is 5.51. The van der Waals surface area contributed by atoms with Crippen molar-refractivity contribution in [2.75, 3.05) is 13.1 Å². The van der Waals surface area contributed by atoms with E-state index >= 15 is 0 Å². The number of amides is 2. The van der Waals surface area contributed by atoms with Crippen LogP contribution in [0.5, 0.6) is 0 Å². The number of benzene rings is 1. The van der Waals surface area contributed by atoms with E-state index in [0.29, 0.717) is 18.8 Å². The molecule has 7 nitrogen and oxygen atoms in total. The quantitative estimate of drug-likeness (QED) is 0.682. The Hall–Kier alpha value is -2.96. The standard InChI is InChI=1S/C18H22N4O3/c23-17(16-9-12-19-14-22-16)20-10-5-2-6-11-21-18(24)25-13-15-7-3-1-4-8-15/h1,3-4,7-9,12,14H,2,5-6,10-11,13H2,(H,20,23)(H,21,24). The molecule has 0 bridgehead atoms. The molecule has 0 radical (unpaired) electrons. The molecule has 0 saturated carbocycles. The summed E-state index contributed by atoms with van der Waals surface area (Å²) >= 11 is 0. The molecule has 0 fully saturated rings. The number of alkyl carbamates (subject to hydrolysis) is 1. The number of nitrogens with zero attached hydrogens (tertiary/aromatic N) is 2. The Labute approximate surface area is 146 Å². The molecule has 0 atom stereocenters. The van der Waals surface area contributed by atoms with Gasteiger partial charge in [-0.15, -0.1) is 0 Å². The second-order valence-electron chi connectivity index (χ2n) is 5.40. The summed E-state index contributed by atoms with van der Waals surface area (Å²) in [6.45, 7) is 1.39. The summed E-state index contributed by atoms with van der Waals surface area (Å²) in [6, 6.07) is 11.1. The van der Waals surface area contributed by atoms with Crippen molar-refractivity contribution >= 4 is 12.0 Å². The van der Waals surface area contributed by atoms with Gasteiger partial charge in [-0.3, -0.25) is 4.79 Å². The molecule has 0 aliphatic heterocycles. The van der Waals surface area contributed by atoms with Gasteiger partial charge in [0.25, 0.3) is 5.91 Å². The molecule has 1 aromatic carbocycles. The van der Waals surface area contributed by atoms with Crippen LogP contribution in [0, 0.1) is 0 Å². The topological polar surface area (TPSA) is 93.2 Å². The fourth-order valence-electron chi connectivity index (χ4n) is 2.11. The lowest BCUT2D eigenvalue weighted by Gasteiger charge is -2.07. The molecule has 1 heterocycles. The molecule has 0 unspecified atom stereocenters. The fourth-order valence-corrected chi connectivity index (χ4v) is 2.11. The van der Waals surface area contributed by atoms with E-state index in [1.54, 1.807) is 6.07 Å². The van der Waals surface area contributed by atoms with Gasteiger partial charge in [-0.25, -0.2) is 14.8 Å². The number of nitrogens with one attached hydrogen (secondary N) is 2. The third-order valence-corrected chi connectivity index (χ3v) is 3.44. The lowest BCUT2D eigenvalue weighted by molar-refractivity contribution is 0.0947. The van der Waals surface area contributed by atoms with Gasteiger partial charge in [0, 0.05) is 19.3 Å². The third-order valence-electron chi connectivity index (χ3n) is 3.44. The van der Waals surface area contributed by atoms with Crippen LogP contribution in [0.4, 0.5) is 4.79 Å². The van der Waals surface area contributed by atoms with Crippen molar-refractivity contribution in [1.82, 2.24) is 20.6 Å². The minimum absolute atomic E-state index is 0.204. The monoisotopic (exact) mass is 342 g/mol. The van der Waals surface area contributed by atoms with Gasteiger partial charge in [-0.05, 0) is 30.9 Å². The van der Waals surface area contributed by atoms with Gasteiger partial charge in [0.05, 0.1) is 0 Å². The molecule has 0 spiro atoms. The van der Waals surface area contributed by atoms with Gasteiger partial charge in [0.15, 0.2) is 0 Å². The molecule has 7 heteroatoms. The summed E-state index contributed by atoms with van der Waals surface area (Å²) in [6.07, 6.45) is 5.01. The maximum Gasteiger partial charge on any atom is 0.407 e. The SMILES string of the molecule is O=C(NCCCCCNC(=O)c1ccncn1)OCc1ccccc1. The number of hydrogen-bond acceptors (Lipinski definition) is 5. The van der Waals surface area contributed by atoms with Crippen LogP contribution in [0.2, 0.25) is 0 Å². The van der Waals surface area contributed by atoms with Crippen molar-refractivity contribution in [2.45, 2.75) is 25.9 Å². The van der Waals surface area contributed by atoms with Crippen molar-refractivity contribution in [1.29, 1.82) is 0 Å². The molecule has 0 aliphatic carbocycles. The van der Waals surface area contributed by atoms with Gasteiger partial charge in [0.2, 0.25) is 0 Å². The molecule has 2 aromatic rings. The number of hydrogen-bond donors (Lipinski definition) is 2. The summed E-state index contributed by atoms with van der Waals surface area (Å²) in [5.74, 6) is -0.204. The Bertz CT molecular complexity index is 650. The normalized spacial score (nSPS) is 10.1. The average Bonchev–Trinajstić information content (AvgIpc) is 2.67. The summed E-state index contributed by atoms with van der Waals surface area (Å²) < 4.78 is 5.12. The highest BCUT2D eigenvalue weighted by Crippen LogP contribution is 2.00. The molecule has 0 aliphatic rings. The van der Waals surface area contributed by atoms with E-state index in [0.717, 1.165) is 24.8 Å². The maximum atomic E-state index is 11.7. The molecule has 1 aromatic heterocycles. The predicted octanol–water partition coefficient (Wildman–Crippen LogP) is 2.30. The Morgan fingerprint density at radius 3 is 2.44 bits per heavy atom. The lowest BCUT2D eigenvalue weighted by Crippen LogP contribution is -2.26. The molecular formula is C18H22N4O3. The molecular weight excluding hydrogens is 320 g/mol. The fraction of sp³-hybridized carbons (Fsp3) is 0.333. The largest absolute Gasteiger partial charge is 0.445 e.